The highest BCUT2D eigenvalue weighted by Gasteiger charge is 2.31. The van der Waals surface area contributed by atoms with Gasteiger partial charge in [-0.25, -0.2) is 13.1 Å². The molecule has 1 aliphatic carbocycles. The monoisotopic (exact) mass is 567 g/mol. The summed E-state index contributed by atoms with van der Waals surface area (Å²) in [6.07, 6.45) is 3.08. The molecule has 0 heterocycles. The van der Waals surface area contributed by atoms with Crippen LogP contribution in [0.1, 0.15) is 55.3 Å². The smallest absolute Gasteiger partial charge is 0.247 e. The van der Waals surface area contributed by atoms with E-state index in [0.717, 1.165) is 36.0 Å². The van der Waals surface area contributed by atoms with Gasteiger partial charge in [0.1, 0.15) is 6.04 Å². The maximum atomic E-state index is 13.7. The number of amides is 2. The minimum absolute atomic E-state index is 0.0333. The van der Waals surface area contributed by atoms with Crippen molar-refractivity contribution in [1.29, 1.82) is 0 Å². The molecule has 206 valence electrons. The Kier molecular flexibility index (Phi) is 9.78. The summed E-state index contributed by atoms with van der Waals surface area (Å²) >= 11 is 6.08. The van der Waals surface area contributed by atoms with E-state index in [1.807, 2.05) is 49.4 Å². The van der Waals surface area contributed by atoms with Gasteiger partial charge in [0.05, 0.1) is 4.90 Å². The van der Waals surface area contributed by atoms with Crippen LogP contribution in [0.4, 0.5) is 0 Å². The van der Waals surface area contributed by atoms with Crippen molar-refractivity contribution >= 4 is 33.4 Å². The van der Waals surface area contributed by atoms with E-state index in [9.17, 15) is 18.0 Å². The first-order chi connectivity index (χ1) is 18.8. The Balaban J connectivity index is 1.55. The fourth-order valence-corrected chi connectivity index (χ4v) is 5.71. The van der Waals surface area contributed by atoms with Crippen molar-refractivity contribution in [3.63, 3.8) is 0 Å². The van der Waals surface area contributed by atoms with Gasteiger partial charge in [-0.3, -0.25) is 9.59 Å². The van der Waals surface area contributed by atoms with Gasteiger partial charge in [-0.15, -0.1) is 0 Å². The van der Waals surface area contributed by atoms with E-state index >= 15 is 0 Å². The molecule has 0 bridgehead atoms. The Labute approximate surface area is 235 Å². The summed E-state index contributed by atoms with van der Waals surface area (Å²) in [6, 6.07) is 22.4. The Morgan fingerprint density at radius 3 is 2.21 bits per heavy atom. The number of carbonyl (C=O) groups excluding carboxylic acids is 2. The lowest BCUT2D eigenvalue weighted by atomic mass is 10.0. The van der Waals surface area contributed by atoms with Gasteiger partial charge >= 0.3 is 0 Å². The molecular formula is C30H34ClN3O4S. The summed E-state index contributed by atoms with van der Waals surface area (Å²) in [4.78, 5) is 29.0. The Morgan fingerprint density at radius 2 is 1.59 bits per heavy atom. The number of hydrogen-bond acceptors (Lipinski definition) is 4. The average Bonchev–Trinajstić information content (AvgIpc) is 3.75. The summed E-state index contributed by atoms with van der Waals surface area (Å²) in [5.41, 5.74) is 2.42. The number of sulfonamides is 1. The number of nitrogens with zero attached hydrogens (tertiary/aromatic N) is 1. The van der Waals surface area contributed by atoms with Crippen molar-refractivity contribution in [3.05, 3.63) is 101 Å². The minimum Gasteiger partial charge on any atom is -0.354 e. The van der Waals surface area contributed by atoms with Crippen LogP contribution in [0.5, 0.6) is 0 Å². The first-order valence-electron chi connectivity index (χ1n) is 13.2. The Morgan fingerprint density at radius 1 is 0.949 bits per heavy atom. The number of rotatable bonds is 13. The molecule has 1 saturated carbocycles. The standard InChI is InChI=1S/C30H34ClN3O4S/c1-2-20-32-30(36)29(24-6-4-3-5-7-24)34(21-23-8-13-25(31)14-9-23)28(35)19-12-22-10-17-27(18-11-22)39(37,38)33-26-15-16-26/h3-11,13-14,17-18,26,29,33H,2,12,15-16,19-21H2,1H3,(H,32,36)/t29-/m0/s1. The van der Waals surface area contributed by atoms with Gasteiger partial charge in [0, 0.05) is 30.6 Å². The molecule has 39 heavy (non-hydrogen) atoms. The molecule has 0 saturated heterocycles. The van der Waals surface area contributed by atoms with E-state index in [2.05, 4.69) is 10.0 Å². The van der Waals surface area contributed by atoms with Gasteiger partial charge in [-0.1, -0.05) is 73.1 Å². The number of nitrogens with one attached hydrogen (secondary N) is 2. The molecule has 0 radical (unpaired) electrons. The topological polar surface area (TPSA) is 95.6 Å². The third-order valence-corrected chi connectivity index (χ3v) is 8.36. The zero-order valence-corrected chi connectivity index (χ0v) is 23.5. The summed E-state index contributed by atoms with van der Waals surface area (Å²) < 4.78 is 27.6. The van der Waals surface area contributed by atoms with E-state index in [1.54, 1.807) is 41.3 Å². The third kappa shape index (κ3) is 8.14. The quantitative estimate of drug-likeness (QED) is 0.303. The van der Waals surface area contributed by atoms with Crippen LogP contribution >= 0.6 is 11.6 Å². The van der Waals surface area contributed by atoms with Crippen LogP contribution in [0, 0.1) is 0 Å². The number of benzene rings is 3. The molecule has 4 rings (SSSR count). The first-order valence-corrected chi connectivity index (χ1v) is 15.1. The van der Waals surface area contributed by atoms with Gasteiger partial charge < -0.3 is 10.2 Å². The summed E-state index contributed by atoms with van der Waals surface area (Å²) in [5.74, 6) is -0.416. The molecule has 1 atom stereocenters. The molecule has 3 aromatic carbocycles. The molecule has 0 unspecified atom stereocenters. The van der Waals surface area contributed by atoms with Gasteiger partial charge in [-0.2, -0.15) is 0 Å². The highest BCUT2D eigenvalue weighted by molar-refractivity contribution is 7.89. The number of halogens is 1. The molecule has 0 aliphatic heterocycles. The van der Waals surface area contributed by atoms with Crippen LogP contribution in [-0.4, -0.2) is 37.7 Å². The fourth-order valence-electron chi connectivity index (χ4n) is 4.28. The van der Waals surface area contributed by atoms with Crippen LogP contribution in [0.3, 0.4) is 0 Å². The highest BCUT2D eigenvalue weighted by atomic mass is 35.5. The number of aryl methyl sites for hydroxylation is 1. The third-order valence-electron chi connectivity index (χ3n) is 6.57. The number of hydrogen-bond donors (Lipinski definition) is 2. The largest absolute Gasteiger partial charge is 0.354 e. The molecule has 0 aromatic heterocycles. The zero-order chi connectivity index (χ0) is 27.8. The summed E-state index contributed by atoms with van der Waals surface area (Å²) in [5, 5.41) is 3.55. The zero-order valence-electron chi connectivity index (χ0n) is 22.0. The molecule has 9 heteroatoms. The summed E-state index contributed by atoms with van der Waals surface area (Å²) in [7, 11) is -3.53. The molecule has 2 amide bonds. The molecule has 1 aliphatic rings. The van der Waals surface area contributed by atoms with Crippen molar-refractivity contribution in [2.45, 2.75) is 62.6 Å². The molecule has 3 aromatic rings. The van der Waals surface area contributed by atoms with E-state index in [1.165, 1.54) is 0 Å². The van der Waals surface area contributed by atoms with Gasteiger partial charge in [0.2, 0.25) is 21.8 Å². The molecule has 1 fully saturated rings. The maximum absolute atomic E-state index is 13.7. The molecule has 0 spiro atoms. The second kappa shape index (κ2) is 13.2. The van der Waals surface area contributed by atoms with Crippen molar-refractivity contribution in [3.8, 4) is 0 Å². The SMILES string of the molecule is CCCNC(=O)[C@H](c1ccccc1)N(Cc1ccc(Cl)cc1)C(=O)CCc1ccc(S(=O)(=O)NC2CC2)cc1. The predicted octanol–water partition coefficient (Wildman–Crippen LogP) is 5.01. The molecule has 7 nitrogen and oxygen atoms in total. The maximum Gasteiger partial charge on any atom is 0.247 e. The first kappa shape index (κ1) is 28.8. The lowest BCUT2D eigenvalue weighted by molar-refractivity contribution is -0.141. The second-order valence-corrected chi connectivity index (χ2v) is 11.9. The predicted molar refractivity (Wildman–Crippen MR) is 153 cm³/mol. The van der Waals surface area contributed by atoms with Gasteiger partial charge in [0.25, 0.3) is 0 Å². The van der Waals surface area contributed by atoms with Crippen LogP contribution in [0.2, 0.25) is 5.02 Å². The van der Waals surface area contributed by atoms with Crippen molar-refractivity contribution in [2.24, 2.45) is 0 Å². The van der Waals surface area contributed by atoms with Crippen molar-refractivity contribution < 1.29 is 18.0 Å². The van der Waals surface area contributed by atoms with E-state index < -0.39 is 16.1 Å². The average molecular weight is 568 g/mol. The minimum atomic E-state index is -3.53. The normalized spacial score (nSPS) is 14.0. The van der Waals surface area contributed by atoms with E-state index in [4.69, 9.17) is 11.6 Å². The van der Waals surface area contributed by atoms with E-state index in [-0.39, 0.29) is 35.7 Å². The Hall–Kier alpha value is -3.20. The van der Waals surface area contributed by atoms with Gasteiger partial charge in [0.15, 0.2) is 0 Å². The van der Waals surface area contributed by atoms with Crippen LogP contribution in [0.25, 0.3) is 0 Å². The second-order valence-electron chi connectivity index (χ2n) is 9.79. The summed E-state index contributed by atoms with van der Waals surface area (Å²) in [6.45, 7) is 2.72. The lowest BCUT2D eigenvalue weighted by Crippen LogP contribution is -2.43. The van der Waals surface area contributed by atoms with Crippen molar-refractivity contribution in [1.82, 2.24) is 14.9 Å². The lowest BCUT2D eigenvalue weighted by Gasteiger charge is -2.32. The van der Waals surface area contributed by atoms with Crippen molar-refractivity contribution in [2.75, 3.05) is 6.54 Å². The van der Waals surface area contributed by atoms with Crippen LogP contribution in [0.15, 0.2) is 83.8 Å². The van der Waals surface area contributed by atoms with Crippen LogP contribution in [-0.2, 0) is 32.6 Å². The highest BCUT2D eigenvalue weighted by Crippen LogP contribution is 2.26. The van der Waals surface area contributed by atoms with Crippen LogP contribution < -0.4 is 10.0 Å². The fraction of sp³-hybridized carbons (Fsp3) is 0.333. The molecular weight excluding hydrogens is 534 g/mol. The van der Waals surface area contributed by atoms with E-state index in [0.29, 0.717) is 18.0 Å². The number of carbonyl (C=O) groups is 2. The van der Waals surface area contributed by atoms with Gasteiger partial charge in [-0.05, 0) is 66.6 Å². The Bertz CT molecular complexity index is 1360. The molecule has 2 N–H and O–H groups in total.